The van der Waals surface area contributed by atoms with E-state index in [-0.39, 0.29) is 5.76 Å². The van der Waals surface area contributed by atoms with Gasteiger partial charge in [0.15, 0.2) is 11.2 Å². The van der Waals surface area contributed by atoms with Crippen LogP contribution in [0.3, 0.4) is 0 Å². The lowest BCUT2D eigenvalue weighted by atomic mass is 10.2. The fourth-order valence-corrected chi connectivity index (χ4v) is 1.66. The molecule has 1 N–H and O–H groups in total. The predicted octanol–water partition coefficient (Wildman–Crippen LogP) is 1.38. The van der Waals surface area contributed by atoms with Gasteiger partial charge in [0.2, 0.25) is 0 Å². The molecule has 0 aliphatic rings. The highest BCUT2D eigenvalue weighted by Crippen LogP contribution is 2.07. The quantitative estimate of drug-likeness (QED) is 0.850. The minimum Gasteiger partial charge on any atom is -0.406 e. The van der Waals surface area contributed by atoms with E-state index in [1.165, 1.54) is 0 Å². The third-order valence-electron chi connectivity index (χ3n) is 2.86. The van der Waals surface area contributed by atoms with Crippen LogP contribution in [-0.4, -0.2) is 22.1 Å². The number of hydrogen-bond donors (Lipinski definition) is 1. The molecule has 0 amide bonds. The van der Waals surface area contributed by atoms with Gasteiger partial charge in [0.1, 0.15) is 0 Å². The van der Waals surface area contributed by atoms with Crippen LogP contribution in [0.25, 0.3) is 11.2 Å². The van der Waals surface area contributed by atoms with Gasteiger partial charge in [0.05, 0.1) is 0 Å². The first kappa shape index (κ1) is 11.9. The van der Waals surface area contributed by atoms with Crippen molar-refractivity contribution in [2.24, 2.45) is 0 Å². The Morgan fingerprint density at radius 2 is 2.41 bits per heavy atom. The minimum absolute atomic E-state index is 0.343. The van der Waals surface area contributed by atoms with Crippen LogP contribution in [0.1, 0.15) is 20.3 Å². The number of hydrogen-bond acceptors (Lipinski definition) is 4. The fourth-order valence-electron chi connectivity index (χ4n) is 1.66. The van der Waals surface area contributed by atoms with E-state index in [2.05, 4.69) is 24.1 Å². The van der Waals surface area contributed by atoms with E-state index in [4.69, 9.17) is 4.42 Å². The summed E-state index contributed by atoms with van der Waals surface area (Å²) in [4.78, 5) is 15.8. The molecule has 2 rings (SSSR count). The predicted molar refractivity (Wildman–Crippen MR) is 66.0 cm³/mol. The SMILES string of the molecule is CCC(C)NCCn1c(=O)oc2cccnc21. The second-order valence-corrected chi connectivity index (χ2v) is 4.11. The average molecular weight is 235 g/mol. The summed E-state index contributed by atoms with van der Waals surface area (Å²) in [6, 6.07) is 3.96. The van der Waals surface area contributed by atoms with Gasteiger partial charge in [-0.1, -0.05) is 6.92 Å². The number of oxazole rings is 1. The molecule has 0 saturated heterocycles. The molecule has 0 aromatic carbocycles. The number of aromatic nitrogens is 2. The summed E-state index contributed by atoms with van der Waals surface area (Å²) < 4.78 is 6.66. The van der Waals surface area contributed by atoms with Gasteiger partial charge in [-0.3, -0.25) is 4.57 Å². The number of rotatable bonds is 5. The smallest absolute Gasteiger partial charge is 0.406 e. The summed E-state index contributed by atoms with van der Waals surface area (Å²) in [5.74, 6) is -0.343. The van der Waals surface area contributed by atoms with Crippen molar-refractivity contribution < 1.29 is 4.42 Å². The first-order valence-corrected chi connectivity index (χ1v) is 5.90. The summed E-state index contributed by atoms with van der Waals surface area (Å²) >= 11 is 0. The van der Waals surface area contributed by atoms with Gasteiger partial charge in [-0.2, -0.15) is 0 Å². The van der Waals surface area contributed by atoms with E-state index in [1.807, 2.05) is 0 Å². The van der Waals surface area contributed by atoms with Crippen molar-refractivity contribution in [2.45, 2.75) is 32.9 Å². The minimum atomic E-state index is -0.343. The van der Waals surface area contributed by atoms with Crippen LogP contribution in [-0.2, 0) is 6.54 Å². The maximum atomic E-state index is 11.6. The summed E-state index contributed by atoms with van der Waals surface area (Å²) in [6.45, 7) is 5.56. The third kappa shape index (κ3) is 2.55. The fraction of sp³-hybridized carbons (Fsp3) is 0.500. The molecule has 0 saturated carbocycles. The van der Waals surface area contributed by atoms with Crippen molar-refractivity contribution >= 4 is 11.2 Å². The van der Waals surface area contributed by atoms with Crippen molar-refractivity contribution in [3.8, 4) is 0 Å². The summed E-state index contributed by atoms with van der Waals surface area (Å²) in [7, 11) is 0. The third-order valence-corrected chi connectivity index (χ3v) is 2.86. The van der Waals surface area contributed by atoms with Crippen LogP contribution in [0.15, 0.2) is 27.5 Å². The Balaban J connectivity index is 2.13. The highest BCUT2D eigenvalue weighted by Gasteiger charge is 2.09. The van der Waals surface area contributed by atoms with Crippen LogP contribution in [0, 0.1) is 0 Å². The average Bonchev–Trinajstić information content (AvgIpc) is 2.66. The van der Waals surface area contributed by atoms with Crippen molar-refractivity contribution in [1.29, 1.82) is 0 Å². The molecule has 5 nitrogen and oxygen atoms in total. The molecule has 1 unspecified atom stereocenters. The molecular weight excluding hydrogens is 218 g/mol. The van der Waals surface area contributed by atoms with Crippen molar-refractivity contribution in [1.82, 2.24) is 14.9 Å². The van der Waals surface area contributed by atoms with Gasteiger partial charge in [-0.15, -0.1) is 0 Å². The standard InChI is InChI=1S/C12H17N3O2/c1-3-9(2)13-7-8-15-11-10(17-12(15)16)5-4-6-14-11/h4-6,9,13H,3,7-8H2,1-2H3. The van der Waals surface area contributed by atoms with Gasteiger partial charge >= 0.3 is 5.76 Å². The molecule has 5 heteroatoms. The van der Waals surface area contributed by atoms with Gasteiger partial charge in [0, 0.05) is 25.3 Å². The van der Waals surface area contributed by atoms with E-state index in [0.717, 1.165) is 13.0 Å². The van der Waals surface area contributed by atoms with Crippen molar-refractivity contribution in [3.05, 3.63) is 28.9 Å². The van der Waals surface area contributed by atoms with E-state index < -0.39 is 0 Å². The van der Waals surface area contributed by atoms with E-state index in [1.54, 1.807) is 22.9 Å². The number of fused-ring (bicyclic) bond motifs is 1. The maximum Gasteiger partial charge on any atom is 0.421 e. The summed E-state index contributed by atoms with van der Waals surface area (Å²) in [5, 5.41) is 3.33. The largest absolute Gasteiger partial charge is 0.421 e. The second kappa shape index (κ2) is 5.14. The van der Waals surface area contributed by atoms with Crippen LogP contribution in [0.2, 0.25) is 0 Å². The lowest BCUT2D eigenvalue weighted by Gasteiger charge is -2.10. The van der Waals surface area contributed by atoms with Gasteiger partial charge in [-0.05, 0) is 25.5 Å². The lowest BCUT2D eigenvalue weighted by molar-refractivity contribution is 0.469. The Kier molecular flexibility index (Phi) is 3.58. The molecular formula is C12H17N3O2. The first-order valence-electron chi connectivity index (χ1n) is 5.90. The molecule has 17 heavy (non-hydrogen) atoms. The molecule has 2 aromatic rings. The molecule has 92 valence electrons. The zero-order valence-corrected chi connectivity index (χ0v) is 10.1. The molecule has 1 atom stereocenters. The van der Waals surface area contributed by atoms with Gasteiger partial charge in [0.25, 0.3) is 0 Å². The summed E-state index contributed by atoms with van der Waals surface area (Å²) in [5.41, 5.74) is 1.16. The van der Waals surface area contributed by atoms with Crippen LogP contribution < -0.4 is 11.1 Å². The monoisotopic (exact) mass is 235 g/mol. The molecule has 0 bridgehead atoms. The topological polar surface area (TPSA) is 60.1 Å². The Hall–Kier alpha value is -1.62. The van der Waals surface area contributed by atoms with Crippen LogP contribution in [0.5, 0.6) is 0 Å². The molecule has 0 radical (unpaired) electrons. The molecule has 2 aromatic heterocycles. The molecule has 2 heterocycles. The number of pyridine rings is 1. The van der Waals surface area contributed by atoms with E-state index in [9.17, 15) is 4.79 Å². The van der Waals surface area contributed by atoms with E-state index >= 15 is 0 Å². The number of nitrogens with one attached hydrogen (secondary N) is 1. The first-order chi connectivity index (χ1) is 8.22. The molecule has 0 fully saturated rings. The zero-order chi connectivity index (χ0) is 12.3. The van der Waals surface area contributed by atoms with Crippen LogP contribution in [0.4, 0.5) is 0 Å². The Morgan fingerprint density at radius 1 is 1.59 bits per heavy atom. The van der Waals surface area contributed by atoms with E-state index in [0.29, 0.717) is 23.8 Å². The molecule has 0 spiro atoms. The highest BCUT2D eigenvalue weighted by molar-refractivity contribution is 5.67. The second-order valence-electron chi connectivity index (χ2n) is 4.11. The van der Waals surface area contributed by atoms with Crippen molar-refractivity contribution in [3.63, 3.8) is 0 Å². The Bertz CT molecular complexity index is 544. The molecule has 0 aliphatic carbocycles. The number of nitrogens with zero attached hydrogens (tertiary/aromatic N) is 2. The zero-order valence-electron chi connectivity index (χ0n) is 10.1. The lowest BCUT2D eigenvalue weighted by Crippen LogP contribution is -2.30. The summed E-state index contributed by atoms with van der Waals surface area (Å²) in [6.07, 6.45) is 2.73. The highest BCUT2D eigenvalue weighted by atomic mass is 16.4. The Morgan fingerprint density at radius 3 is 3.18 bits per heavy atom. The van der Waals surface area contributed by atoms with Crippen LogP contribution >= 0.6 is 0 Å². The Labute approximate surface area is 99.5 Å². The normalized spacial score (nSPS) is 13.1. The maximum absolute atomic E-state index is 11.6. The molecule has 0 aliphatic heterocycles. The van der Waals surface area contributed by atoms with Gasteiger partial charge in [-0.25, -0.2) is 9.78 Å². The van der Waals surface area contributed by atoms with Gasteiger partial charge < -0.3 is 9.73 Å². The van der Waals surface area contributed by atoms with Crippen molar-refractivity contribution in [2.75, 3.05) is 6.54 Å².